The van der Waals surface area contributed by atoms with Crippen molar-refractivity contribution < 1.29 is 5.11 Å². The fraction of sp³-hybridized carbons (Fsp3) is 0.273. The van der Waals surface area contributed by atoms with E-state index in [-0.39, 0.29) is 11.6 Å². The van der Waals surface area contributed by atoms with Gasteiger partial charge in [-0.3, -0.25) is 0 Å². The monoisotopic (exact) mass is 204 g/mol. The van der Waals surface area contributed by atoms with Crippen molar-refractivity contribution in [3.8, 4) is 5.88 Å². The maximum absolute atomic E-state index is 10.7. The molecule has 0 amide bonds. The average molecular weight is 204 g/mol. The van der Waals surface area contributed by atoms with E-state index in [2.05, 4.69) is 5.18 Å². The summed E-state index contributed by atoms with van der Waals surface area (Å²) in [4.78, 5) is 10.7. The van der Waals surface area contributed by atoms with Gasteiger partial charge < -0.3 is 9.67 Å². The SMILES string of the molecule is CCn1c(O)c(N=O)c2cc(C)ccc21. The summed E-state index contributed by atoms with van der Waals surface area (Å²) in [5, 5.41) is 13.4. The Hall–Kier alpha value is -1.84. The molecule has 2 aromatic rings. The first-order valence-electron chi connectivity index (χ1n) is 4.84. The Labute approximate surface area is 87.1 Å². The Morgan fingerprint density at radius 2 is 2.20 bits per heavy atom. The first-order chi connectivity index (χ1) is 7.19. The van der Waals surface area contributed by atoms with Crippen LogP contribution in [0, 0.1) is 11.8 Å². The van der Waals surface area contributed by atoms with Crippen molar-refractivity contribution in [1.82, 2.24) is 4.57 Å². The molecule has 4 nitrogen and oxygen atoms in total. The highest BCUT2D eigenvalue weighted by molar-refractivity contribution is 5.95. The molecule has 0 saturated heterocycles. The zero-order valence-corrected chi connectivity index (χ0v) is 8.69. The molecular weight excluding hydrogens is 192 g/mol. The van der Waals surface area contributed by atoms with Crippen molar-refractivity contribution in [2.75, 3.05) is 0 Å². The van der Waals surface area contributed by atoms with Gasteiger partial charge in [-0.15, -0.1) is 4.91 Å². The van der Waals surface area contributed by atoms with Gasteiger partial charge in [0.2, 0.25) is 5.88 Å². The van der Waals surface area contributed by atoms with Crippen LogP contribution in [0.4, 0.5) is 5.69 Å². The second-order valence-corrected chi connectivity index (χ2v) is 3.53. The van der Waals surface area contributed by atoms with Crippen molar-refractivity contribution in [3.63, 3.8) is 0 Å². The van der Waals surface area contributed by atoms with Crippen LogP contribution in [0.3, 0.4) is 0 Å². The van der Waals surface area contributed by atoms with Crippen LogP contribution in [0.25, 0.3) is 10.9 Å². The van der Waals surface area contributed by atoms with Crippen molar-refractivity contribution >= 4 is 16.6 Å². The molecule has 0 spiro atoms. The van der Waals surface area contributed by atoms with E-state index in [4.69, 9.17) is 0 Å². The highest BCUT2D eigenvalue weighted by Crippen LogP contribution is 2.38. The van der Waals surface area contributed by atoms with Gasteiger partial charge in [0.1, 0.15) is 0 Å². The van der Waals surface area contributed by atoms with Crippen LogP contribution < -0.4 is 0 Å². The number of nitrogens with zero attached hydrogens (tertiary/aromatic N) is 2. The molecule has 0 aliphatic carbocycles. The van der Waals surface area contributed by atoms with Crippen LogP contribution in [0.15, 0.2) is 23.4 Å². The maximum atomic E-state index is 10.7. The van der Waals surface area contributed by atoms with E-state index in [0.717, 1.165) is 11.1 Å². The number of hydrogen-bond donors (Lipinski definition) is 1. The standard InChI is InChI=1S/C11H12N2O2/c1-3-13-9-5-4-7(2)6-8(9)10(12-15)11(13)14/h4-6,14H,3H2,1-2H3. The second-order valence-electron chi connectivity index (χ2n) is 3.53. The minimum Gasteiger partial charge on any atom is -0.493 e. The minimum absolute atomic E-state index is 0.0481. The normalized spacial score (nSPS) is 10.8. The van der Waals surface area contributed by atoms with E-state index in [1.54, 1.807) is 4.57 Å². The number of nitroso groups, excluding NO2 is 1. The molecule has 4 heteroatoms. The van der Waals surface area contributed by atoms with Crippen LogP contribution in [-0.2, 0) is 6.54 Å². The first-order valence-corrected chi connectivity index (χ1v) is 4.84. The van der Waals surface area contributed by atoms with E-state index in [0.29, 0.717) is 11.9 Å². The van der Waals surface area contributed by atoms with Crippen LogP contribution in [0.1, 0.15) is 12.5 Å². The van der Waals surface area contributed by atoms with E-state index < -0.39 is 0 Å². The Morgan fingerprint density at radius 3 is 2.80 bits per heavy atom. The molecule has 0 fully saturated rings. The molecular formula is C11H12N2O2. The van der Waals surface area contributed by atoms with Crippen LogP contribution in [0.5, 0.6) is 5.88 Å². The van der Waals surface area contributed by atoms with Gasteiger partial charge in [0.25, 0.3) is 0 Å². The topological polar surface area (TPSA) is 54.6 Å². The maximum Gasteiger partial charge on any atom is 0.222 e. The Kier molecular flexibility index (Phi) is 2.19. The molecule has 0 unspecified atom stereocenters. The summed E-state index contributed by atoms with van der Waals surface area (Å²) in [5.41, 5.74) is 2.02. The van der Waals surface area contributed by atoms with Gasteiger partial charge >= 0.3 is 0 Å². The number of rotatable bonds is 2. The molecule has 1 heterocycles. The number of aromatic hydroxyl groups is 1. The number of hydrogen-bond acceptors (Lipinski definition) is 3. The fourth-order valence-corrected chi connectivity index (χ4v) is 1.85. The predicted molar refractivity (Wildman–Crippen MR) is 59.5 cm³/mol. The molecule has 0 saturated carbocycles. The summed E-state index contributed by atoms with van der Waals surface area (Å²) in [6, 6.07) is 5.70. The molecule has 0 radical (unpaired) electrons. The molecule has 0 aliphatic rings. The van der Waals surface area contributed by atoms with Gasteiger partial charge in [0, 0.05) is 11.9 Å². The third-order valence-electron chi connectivity index (χ3n) is 2.57. The predicted octanol–water partition coefficient (Wildman–Crippen LogP) is 3.07. The summed E-state index contributed by atoms with van der Waals surface area (Å²) in [6.07, 6.45) is 0. The summed E-state index contributed by atoms with van der Waals surface area (Å²) >= 11 is 0. The van der Waals surface area contributed by atoms with Gasteiger partial charge in [-0.05, 0) is 31.2 Å². The molecule has 1 aromatic heterocycles. The van der Waals surface area contributed by atoms with E-state index in [1.807, 2.05) is 32.0 Å². The lowest BCUT2D eigenvalue weighted by molar-refractivity contribution is 0.427. The van der Waals surface area contributed by atoms with Gasteiger partial charge in [0.05, 0.1) is 5.52 Å². The first kappa shape index (κ1) is 9.71. The molecule has 1 N–H and O–H groups in total. The second kappa shape index (κ2) is 3.38. The third-order valence-corrected chi connectivity index (χ3v) is 2.57. The van der Waals surface area contributed by atoms with Gasteiger partial charge in [-0.1, -0.05) is 11.6 Å². The molecule has 78 valence electrons. The lowest BCUT2D eigenvalue weighted by Crippen LogP contribution is -1.91. The van der Waals surface area contributed by atoms with E-state index in [9.17, 15) is 10.0 Å². The minimum atomic E-state index is -0.0481. The van der Waals surface area contributed by atoms with Crippen molar-refractivity contribution in [1.29, 1.82) is 0 Å². The van der Waals surface area contributed by atoms with E-state index in [1.165, 1.54) is 0 Å². The average Bonchev–Trinajstić information content (AvgIpc) is 2.48. The summed E-state index contributed by atoms with van der Waals surface area (Å²) in [5.74, 6) is -0.0481. The largest absolute Gasteiger partial charge is 0.493 e. The van der Waals surface area contributed by atoms with Crippen LogP contribution in [-0.4, -0.2) is 9.67 Å². The molecule has 2 rings (SSSR count). The summed E-state index contributed by atoms with van der Waals surface area (Å²) in [6.45, 7) is 4.46. The smallest absolute Gasteiger partial charge is 0.222 e. The van der Waals surface area contributed by atoms with Crippen LogP contribution in [0.2, 0.25) is 0 Å². The zero-order valence-electron chi connectivity index (χ0n) is 8.69. The summed E-state index contributed by atoms with van der Waals surface area (Å²) < 4.78 is 1.67. The van der Waals surface area contributed by atoms with Gasteiger partial charge in [-0.25, -0.2) is 0 Å². The van der Waals surface area contributed by atoms with Crippen LogP contribution >= 0.6 is 0 Å². The van der Waals surface area contributed by atoms with Gasteiger partial charge in [0.15, 0.2) is 5.69 Å². The van der Waals surface area contributed by atoms with E-state index >= 15 is 0 Å². The van der Waals surface area contributed by atoms with Crippen molar-refractivity contribution in [3.05, 3.63) is 28.7 Å². The quantitative estimate of drug-likeness (QED) is 0.764. The highest BCUT2D eigenvalue weighted by atomic mass is 16.3. The molecule has 0 bridgehead atoms. The van der Waals surface area contributed by atoms with Crippen molar-refractivity contribution in [2.45, 2.75) is 20.4 Å². The number of benzene rings is 1. The molecule has 0 aliphatic heterocycles. The number of aromatic nitrogens is 1. The Balaban J connectivity index is 2.91. The molecule has 15 heavy (non-hydrogen) atoms. The fourth-order valence-electron chi connectivity index (χ4n) is 1.85. The molecule has 0 atom stereocenters. The molecule has 1 aromatic carbocycles. The number of aryl methyl sites for hydroxylation is 2. The number of fused-ring (bicyclic) bond motifs is 1. The summed E-state index contributed by atoms with van der Waals surface area (Å²) in [7, 11) is 0. The third kappa shape index (κ3) is 1.29. The lowest BCUT2D eigenvalue weighted by Gasteiger charge is -2.01. The Bertz CT molecular complexity index is 529. The zero-order chi connectivity index (χ0) is 11.0. The van der Waals surface area contributed by atoms with Crippen molar-refractivity contribution in [2.24, 2.45) is 5.18 Å². The highest BCUT2D eigenvalue weighted by Gasteiger charge is 2.15. The lowest BCUT2D eigenvalue weighted by atomic mass is 10.1. The Morgan fingerprint density at radius 1 is 1.47 bits per heavy atom. The van der Waals surface area contributed by atoms with Gasteiger partial charge in [-0.2, -0.15) is 0 Å².